The quantitative estimate of drug-likeness (QED) is 0.939. The number of likely N-dealkylation sites (N-methyl/N-ethyl adjacent to an activating group) is 1. The molecule has 0 saturated heterocycles. The first-order valence-corrected chi connectivity index (χ1v) is 6.82. The molecule has 0 spiro atoms. The minimum atomic E-state index is -0.622. The van der Waals surface area contributed by atoms with E-state index < -0.39 is 6.04 Å². The Bertz CT molecular complexity index is 628. The standard InChI is InChI=1S/C17H19FN2O/c1-12-10-14(8-9-15(12)18)20(2)17(21)16(19)11-13-6-4-3-5-7-13/h3-10,16H,11,19H2,1-2H3/t16-/m0/s1. The van der Waals surface area contributed by atoms with Crippen LogP contribution in [0, 0.1) is 12.7 Å². The summed E-state index contributed by atoms with van der Waals surface area (Å²) in [5, 5.41) is 0. The van der Waals surface area contributed by atoms with Crippen LogP contribution in [-0.4, -0.2) is 19.0 Å². The number of nitrogens with two attached hydrogens (primary N) is 1. The van der Waals surface area contributed by atoms with Crippen LogP contribution in [0.2, 0.25) is 0 Å². The van der Waals surface area contributed by atoms with Crippen molar-refractivity contribution < 1.29 is 9.18 Å². The van der Waals surface area contributed by atoms with Crippen molar-refractivity contribution in [3.63, 3.8) is 0 Å². The van der Waals surface area contributed by atoms with E-state index >= 15 is 0 Å². The molecule has 0 aliphatic carbocycles. The van der Waals surface area contributed by atoms with Crippen LogP contribution < -0.4 is 10.6 Å². The number of halogens is 1. The fourth-order valence-corrected chi connectivity index (χ4v) is 2.17. The highest BCUT2D eigenvalue weighted by atomic mass is 19.1. The zero-order valence-corrected chi connectivity index (χ0v) is 12.2. The molecule has 0 aliphatic heterocycles. The van der Waals surface area contributed by atoms with E-state index in [9.17, 15) is 9.18 Å². The van der Waals surface area contributed by atoms with Gasteiger partial charge in [0.25, 0.3) is 0 Å². The van der Waals surface area contributed by atoms with Crippen LogP contribution in [0.15, 0.2) is 48.5 Å². The summed E-state index contributed by atoms with van der Waals surface area (Å²) in [4.78, 5) is 13.8. The highest BCUT2D eigenvalue weighted by molar-refractivity contribution is 5.96. The van der Waals surface area contributed by atoms with E-state index in [4.69, 9.17) is 5.73 Å². The van der Waals surface area contributed by atoms with Gasteiger partial charge in [0.05, 0.1) is 6.04 Å². The van der Waals surface area contributed by atoms with Crippen molar-refractivity contribution in [3.8, 4) is 0 Å². The van der Waals surface area contributed by atoms with Gasteiger partial charge in [-0.3, -0.25) is 4.79 Å². The fourth-order valence-electron chi connectivity index (χ4n) is 2.17. The van der Waals surface area contributed by atoms with Crippen LogP contribution in [0.1, 0.15) is 11.1 Å². The first-order valence-electron chi connectivity index (χ1n) is 6.82. The largest absolute Gasteiger partial charge is 0.320 e. The second kappa shape index (κ2) is 6.50. The van der Waals surface area contributed by atoms with E-state index in [1.165, 1.54) is 11.0 Å². The normalized spacial score (nSPS) is 12.0. The summed E-state index contributed by atoms with van der Waals surface area (Å²) in [7, 11) is 1.65. The Morgan fingerprint density at radius 3 is 2.52 bits per heavy atom. The van der Waals surface area contributed by atoms with Gasteiger partial charge < -0.3 is 10.6 Å². The van der Waals surface area contributed by atoms with Crippen LogP contribution in [0.25, 0.3) is 0 Å². The molecule has 3 nitrogen and oxygen atoms in total. The van der Waals surface area contributed by atoms with Gasteiger partial charge in [-0.1, -0.05) is 30.3 Å². The second-order valence-electron chi connectivity index (χ2n) is 5.13. The van der Waals surface area contributed by atoms with Gasteiger partial charge in [-0.2, -0.15) is 0 Å². The molecule has 110 valence electrons. The molecule has 2 N–H and O–H groups in total. The summed E-state index contributed by atoms with van der Waals surface area (Å²) in [6.07, 6.45) is 0.476. The zero-order chi connectivity index (χ0) is 15.4. The Hall–Kier alpha value is -2.20. The van der Waals surface area contributed by atoms with E-state index in [2.05, 4.69) is 0 Å². The fraction of sp³-hybridized carbons (Fsp3) is 0.235. The van der Waals surface area contributed by atoms with Gasteiger partial charge in [-0.25, -0.2) is 4.39 Å². The number of benzene rings is 2. The summed E-state index contributed by atoms with van der Waals surface area (Å²) in [6.45, 7) is 1.67. The summed E-state index contributed by atoms with van der Waals surface area (Å²) in [5.74, 6) is -0.474. The monoisotopic (exact) mass is 286 g/mol. The third-order valence-electron chi connectivity index (χ3n) is 3.48. The predicted molar refractivity (Wildman–Crippen MR) is 82.7 cm³/mol. The molecular weight excluding hydrogens is 267 g/mol. The molecule has 1 atom stereocenters. The van der Waals surface area contributed by atoms with Gasteiger partial charge in [0.15, 0.2) is 0 Å². The Kier molecular flexibility index (Phi) is 4.70. The number of aryl methyl sites for hydroxylation is 1. The molecule has 0 aliphatic rings. The van der Waals surface area contributed by atoms with Gasteiger partial charge >= 0.3 is 0 Å². The van der Waals surface area contributed by atoms with Crippen molar-refractivity contribution in [3.05, 3.63) is 65.5 Å². The third-order valence-corrected chi connectivity index (χ3v) is 3.48. The second-order valence-corrected chi connectivity index (χ2v) is 5.13. The van der Waals surface area contributed by atoms with E-state index in [0.717, 1.165) is 5.56 Å². The lowest BCUT2D eigenvalue weighted by Gasteiger charge is -2.22. The van der Waals surface area contributed by atoms with Gasteiger partial charge in [0, 0.05) is 12.7 Å². The van der Waals surface area contributed by atoms with Crippen molar-refractivity contribution in [1.29, 1.82) is 0 Å². The lowest BCUT2D eigenvalue weighted by atomic mass is 10.1. The van der Waals surface area contributed by atoms with E-state index in [1.807, 2.05) is 30.3 Å². The molecule has 2 rings (SSSR count). The van der Waals surface area contributed by atoms with Gasteiger partial charge in [-0.05, 0) is 42.7 Å². The molecule has 4 heteroatoms. The molecule has 2 aromatic rings. The number of carbonyl (C=O) groups is 1. The number of rotatable bonds is 4. The van der Waals surface area contributed by atoms with Gasteiger partial charge in [-0.15, -0.1) is 0 Å². The van der Waals surface area contributed by atoms with Crippen molar-refractivity contribution in [2.75, 3.05) is 11.9 Å². The highest BCUT2D eigenvalue weighted by Crippen LogP contribution is 2.18. The maximum absolute atomic E-state index is 13.3. The number of hydrogen-bond acceptors (Lipinski definition) is 2. The molecule has 0 saturated carbocycles. The number of amides is 1. The molecule has 1 amide bonds. The minimum absolute atomic E-state index is 0.190. The first-order chi connectivity index (χ1) is 9.99. The maximum atomic E-state index is 13.3. The molecule has 2 aromatic carbocycles. The molecular formula is C17H19FN2O. The van der Waals surface area contributed by atoms with Crippen LogP contribution >= 0.6 is 0 Å². The molecule has 0 aromatic heterocycles. The molecule has 0 bridgehead atoms. The lowest BCUT2D eigenvalue weighted by Crippen LogP contribution is -2.43. The number of hydrogen-bond donors (Lipinski definition) is 1. The summed E-state index contributed by atoms with van der Waals surface area (Å²) in [6, 6.07) is 13.6. The third kappa shape index (κ3) is 3.67. The number of nitrogens with zero attached hydrogens (tertiary/aromatic N) is 1. The summed E-state index contributed by atoms with van der Waals surface area (Å²) < 4.78 is 13.3. The Labute approximate surface area is 124 Å². The smallest absolute Gasteiger partial charge is 0.243 e. The molecule has 0 fully saturated rings. The number of anilines is 1. The summed E-state index contributed by atoms with van der Waals surface area (Å²) in [5.41, 5.74) is 8.15. The van der Waals surface area contributed by atoms with Crippen molar-refractivity contribution in [2.45, 2.75) is 19.4 Å². The average Bonchev–Trinajstić information content (AvgIpc) is 2.49. The van der Waals surface area contributed by atoms with Crippen LogP contribution in [-0.2, 0) is 11.2 Å². The molecule has 21 heavy (non-hydrogen) atoms. The lowest BCUT2D eigenvalue weighted by molar-refractivity contribution is -0.119. The minimum Gasteiger partial charge on any atom is -0.320 e. The topological polar surface area (TPSA) is 46.3 Å². The zero-order valence-electron chi connectivity index (χ0n) is 12.2. The molecule has 0 heterocycles. The van der Waals surface area contributed by atoms with Crippen LogP contribution in [0.3, 0.4) is 0 Å². The van der Waals surface area contributed by atoms with E-state index in [1.54, 1.807) is 26.1 Å². The Morgan fingerprint density at radius 1 is 1.24 bits per heavy atom. The van der Waals surface area contributed by atoms with Crippen molar-refractivity contribution >= 4 is 11.6 Å². The SMILES string of the molecule is Cc1cc(N(C)C(=O)[C@@H](N)Cc2ccccc2)ccc1F. The van der Waals surface area contributed by atoms with E-state index in [0.29, 0.717) is 17.7 Å². The maximum Gasteiger partial charge on any atom is 0.243 e. The Balaban J connectivity index is 2.09. The summed E-state index contributed by atoms with van der Waals surface area (Å²) >= 11 is 0. The van der Waals surface area contributed by atoms with Crippen LogP contribution in [0.5, 0.6) is 0 Å². The highest BCUT2D eigenvalue weighted by Gasteiger charge is 2.20. The predicted octanol–water partition coefficient (Wildman–Crippen LogP) is 2.67. The Morgan fingerprint density at radius 2 is 1.90 bits per heavy atom. The molecule has 0 radical (unpaired) electrons. The van der Waals surface area contributed by atoms with Gasteiger partial charge in [0.2, 0.25) is 5.91 Å². The van der Waals surface area contributed by atoms with Crippen LogP contribution in [0.4, 0.5) is 10.1 Å². The number of carbonyl (C=O) groups excluding carboxylic acids is 1. The van der Waals surface area contributed by atoms with E-state index in [-0.39, 0.29) is 11.7 Å². The van der Waals surface area contributed by atoms with Gasteiger partial charge in [0.1, 0.15) is 5.82 Å². The molecule has 0 unspecified atom stereocenters. The van der Waals surface area contributed by atoms with Crippen molar-refractivity contribution in [1.82, 2.24) is 0 Å². The van der Waals surface area contributed by atoms with Crippen molar-refractivity contribution in [2.24, 2.45) is 5.73 Å². The first kappa shape index (κ1) is 15.2. The average molecular weight is 286 g/mol.